The standard InChI is InChI=1S/C92H160N26O21S2/c1-52(2)41-66(81(129)102-46-72(121)108-63(26-14-17-35-94)89(137)116-38-20-29-69(116)86(134)113-61(30-31-76(125)126)84(132)115-68(43-54(5)6)85(133)112-62(32-39-140-7)80(128)101-45-71(120)106-59(79(97)127)28-19-37-100-92(98)99)110-74(123)48-104-87(135)77-57-23-11-9-21-55(57)50-117(77)90(138)64(27-15-18-36-95)109-73(122)47-103-82(130)67(42-53(3)4)111-75(124)49-105-88(136)78-58-24-12-10-22-56(58)51-118(78)91(139)65(33-40-141-8)114-83(131)60(25-13-16-34-93)107-70(119)44-96/h52-69,77-78H,9-51,93-96H2,1-8H3,(H2,97,127)(H,101,128)(H,102,129)(H,103,130)(H,104,135)(H,105,136)(H,106,120)(H,107,119)(H,108,121)(H,109,122)(H,110,123)(H,111,124)(H,112,133)(H,113,134)(H,114,131)(H,115,132)(H,125,126)(H4,98,99,100)/t55?,56?,57?,58?,59-,60-,61-,62-,63-,64-,65-,66-,67-,68-,69-,77-,78-/m0/s1. The highest BCUT2D eigenvalue weighted by Gasteiger charge is 2.52. The Morgan fingerprint density at radius 2 is 0.695 bits per heavy atom. The summed E-state index contributed by atoms with van der Waals surface area (Å²) in [6.45, 7) is 8.48. The molecule has 0 radical (unpaired) electrons. The zero-order valence-electron chi connectivity index (χ0n) is 83.2. The number of nitrogens with one attached hydrogen (secondary N) is 15. The molecule has 141 heavy (non-hydrogen) atoms. The topological polar surface area (TPSA) is 746 Å². The summed E-state index contributed by atoms with van der Waals surface area (Å²) in [5.74, 6) is -16.1. The first kappa shape index (κ1) is 121. The maximum absolute atomic E-state index is 15.1. The van der Waals surface area contributed by atoms with Crippen LogP contribution in [-0.2, 0) is 95.9 Å². The van der Waals surface area contributed by atoms with Crippen molar-refractivity contribution in [1.82, 2.24) is 94.5 Å². The second-order valence-electron chi connectivity index (χ2n) is 38.3. The van der Waals surface area contributed by atoms with Gasteiger partial charge in [-0.15, -0.1) is 0 Å². The number of carbonyl (C=O) groups excluding carboxylic acids is 19. The van der Waals surface area contributed by atoms with E-state index in [1.165, 1.54) is 38.2 Å². The van der Waals surface area contributed by atoms with Gasteiger partial charge in [-0.1, -0.05) is 67.2 Å². The highest BCUT2D eigenvalue weighted by molar-refractivity contribution is 7.98. The molecule has 0 aromatic rings. The van der Waals surface area contributed by atoms with E-state index < -0.39 is 242 Å². The van der Waals surface area contributed by atoms with E-state index in [-0.39, 0.29) is 170 Å². The van der Waals surface area contributed by atoms with Crippen LogP contribution in [0.15, 0.2) is 4.99 Å². The Balaban J connectivity index is 1.21. The van der Waals surface area contributed by atoms with Gasteiger partial charge < -0.3 is 140 Å². The molecule has 3 saturated heterocycles. The monoisotopic (exact) mass is 2030 g/mol. The predicted octanol–water partition coefficient (Wildman–Crippen LogP) is -5.17. The number of hydrogen-bond acceptors (Lipinski definition) is 27. The number of aliphatic carboxylic acids is 1. The lowest BCUT2D eigenvalue weighted by atomic mass is 9.78. The second kappa shape index (κ2) is 64.0. The SMILES string of the molecule is CSCC[C@H](NC(=O)[C@H](CC(C)C)NC(=O)[C@H](CCC(=O)O)NC(=O)[C@@H]1CCCN1C(=O)[C@H](CCCCN)NC(=O)CNC(=O)[C@H](CC(C)C)NC(=O)CNC(=O)[C@@H]1C2CCCCC2CN1C(=O)[C@H](CCCCN)NC(=O)CNC(=O)[C@H](CC(C)C)NC(=O)CNC(=O)[C@@H]1C2CCCCC2CN1C(=O)[C@H](CCSC)NC(=O)[C@H](CCCCN)NC(=O)CN)C(=O)NCC(=O)N[C@@H](CCCN=C(N)N)C(N)=O. The Labute approximate surface area is 834 Å². The lowest BCUT2D eigenvalue weighted by molar-refractivity contribution is -0.143. The van der Waals surface area contributed by atoms with Crippen LogP contribution in [0.3, 0.4) is 0 Å². The Bertz CT molecular complexity index is 4210. The molecule has 0 bridgehead atoms. The third kappa shape index (κ3) is 42.0. The fourth-order valence-electron chi connectivity index (χ4n) is 18.7. The van der Waals surface area contributed by atoms with Crippen molar-refractivity contribution in [3.63, 3.8) is 0 Å². The zero-order chi connectivity index (χ0) is 105. The van der Waals surface area contributed by atoms with Crippen molar-refractivity contribution < 1.29 is 101 Å². The van der Waals surface area contributed by atoms with E-state index in [0.717, 1.165) is 32.1 Å². The summed E-state index contributed by atoms with van der Waals surface area (Å²) in [6, 6.07) is -15.8. The molecule has 0 aromatic heterocycles. The van der Waals surface area contributed by atoms with E-state index in [4.69, 9.17) is 40.1 Å². The minimum absolute atomic E-state index is 0.00677. The number of amides is 19. The number of carboxylic acids is 1. The average molecular weight is 2030 g/mol. The number of carboxylic acid groups (broad SMARTS) is 1. The molecule has 796 valence electrons. The fourth-order valence-corrected chi connectivity index (χ4v) is 19.6. The number of nitrogens with two attached hydrogens (primary N) is 7. The summed E-state index contributed by atoms with van der Waals surface area (Å²) in [5, 5.41) is 49.4. The summed E-state index contributed by atoms with van der Waals surface area (Å²) >= 11 is 2.81. The minimum Gasteiger partial charge on any atom is -0.481 e. The Hall–Kier alpha value is -10.8. The van der Waals surface area contributed by atoms with Crippen LogP contribution in [0.4, 0.5) is 0 Å². The molecule has 0 spiro atoms. The van der Waals surface area contributed by atoms with Gasteiger partial charge in [-0.2, -0.15) is 23.5 Å². The second-order valence-corrected chi connectivity index (χ2v) is 40.3. The van der Waals surface area contributed by atoms with Gasteiger partial charge in [0.2, 0.25) is 112 Å². The van der Waals surface area contributed by atoms with Gasteiger partial charge in [0.05, 0.1) is 39.3 Å². The third-order valence-corrected chi connectivity index (χ3v) is 27.0. The molecular weight excluding hydrogens is 1870 g/mol. The molecular formula is C92H160N26O21S2. The van der Waals surface area contributed by atoms with Gasteiger partial charge in [-0.25, -0.2) is 0 Å². The molecule has 4 unspecified atom stereocenters. The maximum Gasteiger partial charge on any atom is 0.303 e. The van der Waals surface area contributed by atoms with Crippen molar-refractivity contribution in [3.8, 4) is 0 Å². The number of rotatable bonds is 65. The van der Waals surface area contributed by atoms with Crippen LogP contribution in [0.25, 0.3) is 0 Å². The molecule has 0 aromatic carbocycles. The number of likely N-dealkylation sites (tertiary alicyclic amines) is 3. The summed E-state index contributed by atoms with van der Waals surface area (Å²) in [7, 11) is 0. The number of aliphatic imine (C=N–C) groups is 1. The number of guanidine groups is 1. The highest BCUT2D eigenvalue weighted by atomic mass is 32.2. The zero-order valence-corrected chi connectivity index (χ0v) is 84.8. The van der Waals surface area contributed by atoms with Crippen LogP contribution < -0.4 is 120 Å². The normalized spacial score (nSPS) is 19.7. The highest BCUT2D eigenvalue weighted by Crippen LogP contribution is 2.43. The van der Waals surface area contributed by atoms with Crippen LogP contribution >= 0.6 is 23.5 Å². The number of carbonyl (C=O) groups is 20. The number of thioether (sulfide) groups is 2. The number of fused-ring (bicyclic) bond motifs is 2. The first-order chi connectivity index (χ1) is 67.1. The van der Waals surface area contributed by atoms with Gasteiger partial charge in [0.25, 0.3) is 0 Å². The van der Waals surface area contributed by atoms with E-state index in [1.807, 2.05) is 20.1 Å². The van der Waals surface area contributed by atoms with Crippen LogP contribution in [0.1, 0.15) is 221 Å². The molecule has 49 heteroatoms. The molecule has 2 saturated carbocycles. The van der Waals surface area contributed by atoms with Crippen LogP contribution in [0.5, 0.6) is 0 Å². The molecule has 47 nitrogen and oxygen atoms in total. The van der Waals surface area contributed by atoms with E-state index >= 15 is 4.79 Å². The number of unbranched alkanes of at least 4 members (excludes halogenated alkanes) is 3. The van der Waals surface area contributed by atoms with Gasteiger partial charge in [0.15, 0.2) is 5.96 Å². The number of hydrogen-bond donors (Lipinski definition) is 23. The maximum atomic E-state index is 15.1. The van der Waals surface area contributed by atoms with Crippen molar-refractivity contribution >= 4 is 148 Å². The van der Waals surface area contributed by atoms with Crippen molar-refractivity contribution in [2.75, 3.05) is 109 Å². The van der Waals surface area contributed by atoms with Gasteiger partial charge in [0, 0.05) is 32.6 Å². The lowest BCUT2D eigenvalue weighted by Crippen LogP contribution is -2.59. The smallest absolute Gasteiger partial charge is 0.303 e. The minimum atomic E-state index is -1.60. The van der Waals surface area contributed by atoms with E-state index in [9.17, 15) is 96.2 Å². The molecule has 17 atom stereocenters. The molecule has 19 amide bonds. The fraction of sp³-hybridized carbons (Fsp3) is 0.772. The van der Waals surface area contributed by atoms with Gasteiger partial charge in [-0.05, 0) is 233 Å². The van der Waals surface area contributed by atoms with Gasteiger partial charge in [-0.3, -0.25) is 101 Å². The molecule has 5 rings (SSSR count). The third-order valence-electron chi connectivity index (χ3n) is 25.7. The predicted molar refractivity (Wildman–Crippen MR) is 529 cm³/mol. The van der Waals surface area contributed by atoms with E-state index in [0.29, 0.717) is 75.8 Å². The molecule has 2 aliphatic carbocycles. The largest absolute Gasteiger partial charge is 0.481 e. The molecule has 3 heterocycles. The summed E-state index contributed by atoms with van der Waals surface area (Å²) in [5.41, 5.74) is 39.3. The molecule has 30 N–H and O–H groups in total. The molecule has 3 aliphatic heterocycles. The van der Waals surface area contributed by atoms with Crippen LogP contribution in [0.2, 0.25) is 0 Å². The van der Waals surface area contributed by atoms with E-state index in [2.05, 4.69) is 84.7 Å². The Kier molecular flexibility index (Phi) is 54.8. The summed E-state index contributed by atoms with van der Waals surface area (Å²) in [4.78, 5) is 286. The summed E-state index contributed by atoms with van der Waals surface area (Å²) < 4.78 is 0. The quantitative estimate of drug-likeness (QED) is 0.0154. The Morgan fingerprint density at radius 1 is 0.355 bits per heavy atom. The van der Waals surface area contributed by atoms with Crippen molar-refractivity contribution in [1.29, 1.82) is 0 Å². The van der Waals surface area contributed by atoms with Crippen molar-refractivity contribution in [2.24, 2.45) is 86.6 Å². The van der Waals surface area contributed by atoms with Crippen LogP contribution in [0, 0.1) is 41.4 Å². The average Bonchev–Trinajstić information content (AvgIpc) is 1.63. The number of primary amides is 1. The summed E-state index contributed by atoms with van der Waals surface area (Å²) in [6.07, 6.45) is 12.5. The lowest BCUT2D eigenvalue weighted by Gasteiger charge is -2.32. The first-order valence-electron chi connectivity index (χ1n) is 49.7. The van der Waals surface area contributed by atoms with Gasteiger partial charge >= 0.3 is 5.97 Å². The van der Waals surface area contributed by atoms with Crippen LogP contribution in [-0.4, -0.2) is 332 Å². The number of nitrogens with zero attached hydrogens (tertiary/aromatic N) is 4. The molecule has 5 aliphatic rings. The molecule has 5 fully saturated rings. The first-order valence-corrected chi connectivity index (χ1v) is 52.5. The van der Waals surface area contributed by atoms with Gasteiger partial charge in [0.1, 0.15) is 78.5 Å². The van der Waals surface area contributed by atoms with Crippen molar-refractivity contribution in [2.45, 2.75) is 300 Å². The van der Waals surface area contributed by atoms with E-state index in [1.54, 1.807) is 34.0 Å². The van der Waals surface area contributed by atoms with Crippen molar-refractivity contribution in [3.05, 3.63) is 0 Å². The Morgan fingerprint density at radius 3 is 1.11 bits per heavy atom.